The molecule has 0 radical (unpaired) electrons. The minimum Gasteiger partial charge on any atom is -0.490 e. The number of piperidine rings is 2. The normalized spacial score (nSPS) is 14.3. The number of nitriles is 1. The first-order valence-electron chi connectivity index (χ1n) is 25.0. The van der Waals surface area contributed by atoms with Crippen molar-refractivity contribution in [1.82, 2.24) is 49.3 Å². The number of rotatable bonds is 15. The van der Waals surface area contributed by atoms with E-state index in [-0.39, 0.29) is 23.2 Å². The highest BCUT2D eigenvalue weighted by atomic mass is 16.5. The zero-order chi connectivity index (χ0) is 52.1. The Kier molecular flexibility index (Phi) is 16.6. The molecule has 2 fully saturated rings. The Morgan fingerprint density at radius 3 is 1.45 bits per heavy atom. The molecule has 75 heavy (non-hydrogen) atoms. The summed E-state index contributed by atoms with van der Waals surface area (Å²) in [5.41, 5.74) is 6.25. The number of likely N-dealkylation sites (tertiary alicyclic amines) is 2. The Hall–Kier alpha value is -8.72. The molecular formula is C58H57N11O6. The van der Waals surface area contributed by atoms with Crippen molar-refractivity contribution < 1.29 is 19.4 Å². The standard InChI is InChI=1S/C29H28N6O2.C29H29N5O4/c1-34-12-10-21(11-13-34)20-37-26-17-31-29(32-18-26)25-7-3-5-23(15-25)19-35-28(36)9-8-27(33-35)24-6-2-4-22(14-24)16-30;1-33-12-10-20(11-13-33)19-38-25-16-30-28(31-17-25)23-6-2-4-21(14-23)18-34-27(35)9-8-26(32-34)22-5-3-7-24(15-22)29(36)37/h2-9,14-15,17-18,21H,10-13,19-20H2,1H3;2-9,14-17,20H,10-13,18-19H2,1H3,(H,36,37). The second kappa shape index (κ2) is 24.3. The minimum atomic E-state index is -1.02. The van der Waals surface area contributed by atoms with Gasteiger partial charge in [-0.05, 0) is 137 Å². The predicted molar refractivity (Wildman–Crippen MR) is 284 cm³/mol. The number of aromatic carboxylic acids is 1. The number of carboxylic acid groups (broad SMARTS) is 1. The molecule has 8 aromatic rings. The van der Waals surface area contributed by atoms with Crippen LogP contribution in [0.4, 0.5) is 0 Å². The van der Waals surface area contributed by atoms with E-state index in [2.05, 4.69) is 60.1 Å². The Morgan fingerprint density at radius 1 is 0.573 bits per heavy atom. The summed E-state index contributed by atoms with van der Waals surface area (Å²) in [6.07, 6.45) is 11.4. The molecule has 0 saturated carbocycles. The molecular weight excluding hydrogens is 947 g/mol. The highest BCUT2D eigenvalue weighted by molar-refractivity contribution is 5.89. The van der Waals surface area contributed by atoms with Crippen LogP contribution in [-0.2, 0) is 13.1 Å². The second-order valence-electron chi connectivity index (χ2n) is 19.0. The number of carbonyl (C=O) groups is 1. The van der Waals surface area contributed by atoms with Gasteiger partial charge in [-0.25, -0.2) is 34.1 Å². The molecule has 6 heterocycles. The number of benzene rings is 4. The zero-order valence-corrected chi connectivity index (χ0v) is 41.9. The minimum absolute atomic E-state index is 0.160. The summed E-state index contributed by atoms with van der Waals surface area (Å²) in [5.74, 6) is 2.60. The van der Waals surface area contributed by atoms with Crippen molar-refractivity contribution in [2.24, 2.45) is 11.8 Å². The predicted octanol–water partition coefficient (Wildman–Crippen LogP) is 7.84. The van der Waals surface area contributed by atoms with E-state index in [0.717, 1.165) is 79.7 Å². The number of ether oxygens (including phenoxy) is 2. The molecule has 4 aromatic carbocycles. The summed E-state index contributed by atoms with van der Waals surface area (Å²) in [7, 11) is 4.30. The lowest BCUT2D eigenvalue weighted by molar-refractivity contribution is 0.0697. The number of aromatic nitrogens is 8. The average molecular weight is 1000 g/mol. The van der Waals surface area contributed by atoms with Crippen molar-refractivity contribution >= 4 is 5.97 Å². The fourth-order valence-corrected chi connectivity index (χ4v) is 8.92. The van der Waals surface area contributed by atoms with Crippen LogP contribution in [0.15, 0.2) is 156 Å². The number of nitrogens with zero attached hydrogens (tertiary/aromatic N) is 11. The van der Waals surface area contributed by atoms with E-state index in [9.17, 15) is 24.8 Å². The monoisotopic (exact) mass is 1000 g/mol. The van der Waals surface area contributed by atoms with E-state index in [4.69, 9.17) is 9.47 Å². The smallest absolute Gasteiger partial charge is 0.335 e. The van der Waals surface area contributed by atoms with Gasteiger partial charge in [0.2, 0.25) is 0 Å². The molecule has 2 saturated heterocycles. The van der Waals surface area contributed by atoms with Crippen molar-refractivity contribution in [1.29, 1.82) is 5.26 Å². The fraction of sp³-hybridized carbons (Fsp3) is 0.276. The van der Waals surface area contributed by atoms with Gasteiger partial charge in [0.15, 0.2) is 23.1 Å². The van der Waals surface area contributed by atoms with Gasteiger partial charge in [-0.1, -0.05) is 60.7 Å². The molecule has 4 aromatic heterocycles. The molecule has 2 aliphatic heterocycles. The van der Waals surface area contributed by atoms with Crippen LogP contribution in [-0.4, -0.2) is 114 Å². The van der Waals surface area contributed by atoms with Gasteiger partial charge in [-0.2, -0.15) is 15.5 Å². The molecule has 0 unspecified atom stereocenters. The van der Waals surface area contributed by atoms with Crippen LogP contribution in [0.3, 0.4) is 0 Å². The van der Waals surface area contributed by atoms with Crippen molar-refractivity contribution in [3.8, 4) is 62.9 Å². The van der Waals surface area contributed by atoms with Crippen LogP contribution < -0.4 is 20.6 Å². The lowest BCUT2D eigenvalue weighted by atomic mass is 9.98. The molecule has 17 nitrogen and oxygen atoms in total. The maximum absolute atomic E-state index is 12.5. The molecule has 0 aliphatic carbocycles. The summed E-state index contributed by atoms with van der Waals surface area (Å²) in [4.78, 5) is 59.1. The first-order valence-corrected chi connectivity index (χ1v) is 25.0. The molecule has 0 spiro atoms. The third kappa shape index (κ3) is 13.9. The lowest BCUT2D eigenvalue weighted by Crippen LogP contribution is -2.32. The highest BCUT2D eigenvalue weighted by Crippen LogP contribution is 2.24. The first kappa shape index (κ1) is 51.2. The van der Waals surface area contributed by atoms with Gasteiger partial charge < -0.3 is 24.4 Å². The third-order valence-corrected chi connectivity index (χ3v) is 13.4. The topological polar surface area (TPSA) is 207 Å². The van der Waals surface area contributed by atoms with Gasteiger partial charge in [-0.15, -0.1) is 0 Å². The van der Waals surface area contributed by atoms with Gasteiger partial charge in [0.1, 0.15) is 0 Å². The molecule has 2 aliphatic rings. The van der Waals surface area contributed by atoms with E-state index in [1.54, 1.807) is 73.3 Å². The van der Waals surface area contributed by atoms with Crippen molar-refractivity contribution in [3.05, 3.63) is 189 Å². The number of hydrogen-bond donors (Lipinski definition) is 1. The van der Waals surface area contributed by atoms with Crippen LogP contribution in [0, 0.1) is 23.2 Å². The highest BCUT2D eigenvalue weighted by Gasteiger charge is 2.19. The largest absolute Gasteiger partial charge is 0.490 e. The summed E-state index contributed by atoms with van der Waals surface area (Å²) in [5, 5.41) is 27.5. The lowest BCUT2D eigenvalue weighted by Gasteiger charge is -2.28. The van der Waals surface area contributed by atoms with Crippen LogP contribution in [0.25, 0.3) is 45.3 Å². The molecule has 0 bridgehead atoms. The van der Waals surface area contributed by atoms with Gasteiger partial charge in [0, 0.05) is 34.4 Å². The van der Waals surface area contributed by atoms with Gasteiger partial charge in [0.25, 0.3) is 11.1 Å². The van der Waals surface area contributed by atoms with E-state index >= 15 is 0 Å². The summed E-state index contributed by atoms with van der Waals surface area (Å²) < 4.78 is 14.7. The average Bonchev–Trinajstić information content (AvgIpc) is 3.44. The molecule has 380 valence electrons. The number of hydrogen-bond acceptors (Lipinski definition) is 14. The second-order valence-corrected chi connectivity index (χ2v) is 19.0. The number of carboxylic acids is 1. The third-order valence-electron chi connectivity index (χ3n) is 13.4. The SMILES string of the molecule is CN1CCC(COc2cnc(-c3cccc(Cn4nc(-c5cccc(C#N)c5)ccc4=O)c3)nc2)CC1.CN1CCC(COc2cnc(-c3cccc(Cn4nc(-c5cccc(C(=O)O)c5)ccc4=O)c3)nc2)CC1. The fourth-order valence-electron chi connectivity index (χ4n) is 8.92. The maximum atomic E-state index is 12.5. The quantitative estimate of drug-likeness (QED) is 0.104. The van der Waals surface area contributed by atoms with E-state index < -0.39 is 5.97 Å². The summed E-state index contributed by atoms with van der Waals surface area (Å²) >= 11 is 0. The van der Waals surface area contributed by atoms with Crippen LogP contribution >= 0.6 is 0 Å². The Balaban J connectivity index is 0.000000184. The zero-order valence-electron chi connectivity index (χ0n) is 41.9. The van der Waals surface area contributed by atoms with Gasteiger partial charge >= 0.3 is 5.97 Å². The Bertz CT molecular complexity index is 3400. The van der Waals surface area contributed by atoms with Gasteiger partial charge in [0.05, 0.1) is 79.7 Å². The molecule has 10 rings (SSSR count). The van der Waals surface area contributed by atoms with Crippen molar-refractivity contribution in [2.75, 3.05) is 53.5 Å². The summed E-state index contributed by atoms with van der Waals surface area (Å²) in [6.45, 7) is 6.34. The maximum Gasteiger partial charge on any atom is 0.335 e. The first-order chi connectivity index (χ1) is 36.5. The van der Waals surface area contributed by atoms with Crippen molar-refractivity contribution in [3.63, 3.8) is 0 Å². The molecule has 17 heteroatoms. The van der Waals surface area contributed by atoms with Crippen molar-refractivity contribution in [2.45, 2.75) is 38.8 Å². The van der Waals surface area contributed by atoms with Gasteiger partial charge in [-0.3, -0.25) is 9.59 Å². The van der Waals surface area contributed by atoms with Crippen LogP contribution in [0.5, 0.6) is 11.5 Å². The molecule has 1 N–H and O–H groups in total. The van der Waals surface area contributed by atoms with Crippen LogP contribution in [0.1, 0.15) is 52.7 Å². The van der Waals surface area contributed by atoms with E-state index in [1.165, 1.54) is 27.6 Å². The molecule has 0 atom stereocenters. The van der Waals surface area contributed by atoms with E-state index in [0.29, 0.717) is 77.3 Å². The van der Waals surface area contributed by atoms with E-state index in [1.807, 2.05) is 54.6 Å². The molecule has 0 amide bonds. The van der Waals surface area contributed by atoms with Crippen LogP contribution in [0.2, 0.25) is 0 Å². The Morgan fingerprint density at radius 2 is 1.00 bits per heavy atom. The summed E-state index contributed by atoms with van der Waals surface area (Å²) in [6, 6.07) is 37.4. The Labute approximate surface area is 434 Å².